The summed E-state index contributed by atoms with van der Waals surface area (Å²) < 4.78 is 11.1. The third kappa shape index (κ3) is 1.28. The van der Waals surface area contributed by atoms with Crippen molar-refractivity contribution in [3.05, 3.63) is 48.5 Å². The second-order valence-electron chi connectivity index (χ2n) is 4.93. The van der Waals surface area contributed by atoms with Crippen molar-refractivity contribution in [1.29, 1.82) is 0 Å². The minimum Gasteiger partial charge on any atom is -0.493 e. The lowest BCUT2D eigenvalue weighted by Crippen LogP contribution is -1.92. The Morgan fingerprint density at radius 2 is 1.40 bits per heavy atom. The fraction of sp³-hybridized carbons (Fsp3) is 0.111. The molecular weight excluding hydrogens is 248 g/mol. The summed E-state index contributed by atoms with van der Waals surface area (Å²) in [5.74, 6) is 1.59. The van der Waals surface area contributed by atoms with Gasteiger partial charge in [-0.15, -0.1) is 0 Å². The molecule has 0 N–H and O–H groups in total. The van der Waals surface area contributed by atoms with Gasteiger partial charge in [-0.25, -0.2) is 0 Å². The summed E-state index contributed by atoms with van der Waals surface area (Å²) in [4.78, 5) is 0. The van der Waals surface area contributed by atoms with Crippen LogP contribution >= 0.6 is 0 Å². The van der Waals surface area contributed by atoms with Crippen LogP contribution in [-0.4, -0.2) is 14.2 Å². The molecule has 2 nitrogen and oxygen atoms in total. The number of benzene rings is 3. The Morgan fingerprint density at radius 1 is 0.700 bits per heavy atom. The molecule has 0 radical (unpaired) electrons. The highest BCUT2D eigenvalue weighted by atomic mass is 16.5. The molecule has 1 aliphatic carbocycles. The zero-order valence-corrected chi connectivity index (χ0v) is 11.4. The quantitative estimate of drug-likeness (QED) is 0.529. The van der Waals surface area contributed by atoms with Crippen molar-refractivity contribution in [2.45, 2.75) is 0 Å². The SMILES string of the molecule is COc1cc2c3c(cccc3c1OC)-c1ccccc1-2. The van der Waals surface area contributed by atoms with Gasteiger partial charge in [0.2, 0.25) is 0 Å². The van der Waals surface area contributed by atoms with Crippen LogP contribution in [-0.2, 0) is 0 Å². The molecule has 0 bridgehead atoms. The van der Waals surface area contributed by atoms with Crippen LogP contribution in [0.15, 0.2) is 48.5 Å². The standard InChI is InChI=1S/C18H14O2/c1-19-16-10-15-12-7-4-3-6-11(12)13-8-5-9-14(17(13)15)18(16)20-2/h3-10H,1-2H3. The summed E-state index contributed by atoms with van der Waals surface area (Å²) in [5.41, 5.74) is 5.04. The van der Waals surface area contributed by atoms with Gasteiger partial charge < -0.3 is 9.47 Å². The molecule has 0 heterocycles. The van der Waals surface area contributed by atoms with E-state index in [1.807, 2.05) is 0 Å². The van der Waals surface area contributed by atoms with E-state index in [9.17, 15) is 0 Å². The smallest absolute Gasteiger partial charge is 0.168 e. The van der Waals surface area contributed by atoms with Crippen LogP contribution in [0.25, 0.3) is 33.0 Å². The van der Waals surface area contributed by atoms with Crippen molar-refractivity contribution in [1.82, 2.24) is 0 Å². The summed E-state index contributed by atoms with van der Waals surface area (Å²) >= 11 is 0. The number of methoxy groups -OCH3 is 2. The van der Waals surface area contributed by atoms with Gasteiger partial charge in [0.05, 0.1) is 14.2 Å². The van der Waals surface area contributed by atoms with E-state index in [1.54, 1.807) is 14.2 Å². The number of hydrogen-bond donors (Lipinski definition) is 0. The number of ether oxygens (including phenoxy) is 2. The molecule has 0 aliphatic heterocycles. The fourth-order valence-electron chi connectivity index (χ4n) is 3.19. The summed E-state index contributed by atoms with van der Waals surface area (Å²) in [6, 6.07) is 16.9. The highest BCUT2D eigenvalue weighted by molar-refractivity contribution is 6.17. The van der Waals surface area contributed by atoms with Crippen molar-refractivity contribution < 1.29 is 9.47 Å². The maximum absolute atomic E-state index is 5.56. The second kappa shape index (κ2) is 4.01. The van der Waals surface area contributed by atoms with E-state index in [1.165, 1.54) is 27.6 Å². The molecule has 98 valence electrons. The number of hydrogen-bond acceptors (Lipinski definition) is 2. The van der Waals surface area contributed by atoms with Gasteiger partial charge in [0.25, 0.3) is 0 Å². The first kappa shape index (κ1) is 11.4. The molecule has 0 aromatic heterocycles. The topological polar surface area (TPSA) is 18.5 Å². The lowest BCUT2D eigenvalue weighted by Gasteiger charge is -2.12. The fourth-order valence-corrected chi connectivity index (χ4v) is 3.19. The van der Waals surface area contributed by atoms with Gasteiger partial charge >= 0.3 is 0 Å². The first-order chi connectivity index (χ1) is 9.85. The maximum atomic E-state index is 5.56. The molecule has 0 atom stereocenters. The van der Waals surface area contributed by atoms with E-state index >= 15 is 0 Å². The highest BCUT2D eigenvalue weighted by Crippen LogP contribution is 2.51. The first-order valence-corrected chi connectivity index (χ1v) is 6.62. The Morgan fingerprint density at radius 3 is 2.10 bits per heavy atom. The van der Waals surface area contributed by atoms with Crippen molar-refractivity contribution in [3.8, 4) is 33.8 Å². The lowest BCUT2D eigenvalue weighted by molar-refractivity contribution is 0.359. The van der Waals surface area contributed by atoms with Gasteiger partial charge in [0, 0.05) is 10.8 Å². The molecule has 3 aromatic carbocycles. The van der Waals surface area contributed by atoms with Gasteiger partial charge in [0.15, 0.2) is 11.5 Å². The van der Waals surface area contributed by atoms with Crippen molar-refractivity contribution in [2.75, 3.05) is 14.2 Å². The zero-order chi connectivity index (χ0) is 13.7. The van der Waals surface area contributed by atoms with Crippen LogP contribution in [0, 0.1) is 0 Å². The van der Waals surface area contributed by atoms with Gasteiger partial charge in [-0.3, -0.25) is 0 Å². The number of fused-ring (bicyclic) bond motifs is 3. The lowest BCUT2D eigenvalue weighted by atomic mass is 10.0. The summed E-state index contributed by atoms with van der Waals surface area (Å²) in [6.45, 7) is 0. The van der Waals surface area contributed by atoms with Crippen molar-refractivity contribution in [3.63, 3.8) is 0 Å². The van der Waals surface area contributed by atoms with Crippen LogP contribution in [0.4, 0.5) is 0 Å². The number of rotatable bonds is 2. The molecule has 0 saturated heterocycles. The van der Waals surface area contributed by atoms with Gasteiger partial charge in [-0.1, -0.05) is 42.5 Å². The van der Waals surface area contributed by atoms with Crippen molar-refractivity contribution in [2.24, 2.45) is 0 Å². The predicted molar refractivity (Wildman–Crippen MR) is 81.5 cm³/mol. The first-order valence-electron chi connectivity index (χ1n) is 6.62. The molecule has 0 fully saturated rings. The molecule has 0 unspecified atom stereocenters. The van der Waals surface area contributed by atoms with Gasteiger partial charge in [-0.05, 0) is 28.3 Å². The zero-order valence-electron chi connectivity index (χ0n) is 11.4. The molecular formula is C18H14O2. The largest absolute Gasteiger partial charge is 0.493 e. The molecule has 20 heavy (non-hydrogen) atoms. The van der Waals surface area contributed by atoms with E-state index in [0.717, 1.165) is 16.9 Å². The Hall–Kier alpha value is -2.48. The predicted octanol–water partition coefficient (Wildman–Crippen LogP) is 4.50. The normalized spacial score (nSPS) is 11.5. The third-order valence-corrected chi connectivity index (χ3v) is 4.01. The van der Waals surface area contributed by atoms with E-state index < -0.39 is 0 Å². The summed E-state index contributed by atoms with van der Waals surface area (Å²) in [6.07, 6.45) is 0. The average molecular weight is 262 g/mol. The maximum Gasteiger partial charge on any atom is 0.168 e. The molecule has 1 aliphatic rings. The Labute approximate surface area is 117 Å². The van der Waals surface area contributed by atoms with E-state index in [-0.39, 0.29) is 0 Å². The van der Waals surface area contributed by atoms with Gasteiger partial charge in [-0.2, -0.15) is 0 Å². The van der Waals surface area contributed by atoms with Crippen LogP contribution in [0.2, 0.25) is 0 Å². The Bertz CT molecular complexity index is 834. The van der Waals surface area contributed by atoms with Crippen LogP contribution in [0.1, 0.15) is 0 Å². The van der Waals surface area contributed by atoms with Crippen LogP contribution in [0.5, 0.6) is 11.5 Å². The molecule has 3 aromatic rings. The molecule has 0 saturated carbocycles. The highest BCUT2D eigenvalue weighted by Gasteiger charge is 2.24. The monoisotopic (exact) mass is 262 g/mol. The van der Waals surface area contributed by atoms with E-state index in [4.69, 9.17) is 9.47 Å². The van der Waals surface area contributed by atoms with E-state index in [2.05, 4.69) is 48.5 Å². The minimum atomic E-state index is 0.781. The summed E-state index contributed by atoms with van der Waals surface area (Å²) in [7, 11) is 3.37. The Balaban J connectivity index is 2.22. The Kier molecular flexibility index (Phi) is 2.27. The minimum absolute atomic E-state index is 0.781. The van der Waals surface area contributed by atoms with Crippen molar-refractivity contribution >= 4 is 10.8 Å². The van der Waals surface area contributed by atoms with Crippen LogP contribution in [0.3, 0.4) is 0 Å². The molecule has 2 heteroatoms. The van der Waals surface area contributed by atoms with Crippen LogP contribution < -0.4 is 9.47 Å². The third-order valence-electron chi connectivity index (χ3n) is 4.01. The molecule has 0 amide bonds. The molecule has 4 rings (SSSR count). The second-order valence-corrected chi connectivity index (χ2v) is 4.93. The average Bonchev–Trinajstić information content (AvgIpc) is 2.83. The van der Waals surface area contributed by atoms with Gasteiger partial charge in [0.1, 0.15) is 0 Å². The molecule has 0 spiro atoms. The summed E-state index contributed by atoms with van der Waals surface area (Å²) in [5, 5.41) is 2.36. The van der Waals surface area contributed by atoms with E-state index in [0.29, 0.717) is 0 Å².